The first kappa shape index (κ1) is 10.5. The Hall–Kier alpha value is -0.498. The molecule has 0 N–H and O–H groups in total. The van der Waals surface area contributed by atoms with Crippen molar-refractivity contribution in [3.63, 3.8) is 0 Å². The zero-order chi connectivity index (χ0) is 5.91. The number of hydrogen-bond donors (Lipinski definition) is 0. The van der Waals surface area contributed by atoms with Gasteiger partial charge in [0.2, 0.25) is 0 Å². The second-order valence-corrected chi connectivity index (χ2v) is 0.921. The van der Waals surface area contributed by atoms with Gasteiger partial charge in [0.05, 0.1) is 0 Å². The Labute approximate surface area is 57.3 Å². The van der Waals surface area contributed by atoms with Crippen LogP contribution in [-0.4, -0.2) is 6.70 Å². The van der Waals surface area contributed by atoms with Crippen molar-refractivity contribution in [3.05, 3.63) is 0 Å². The van der Waals surface area contributed by atoms with Gasteiger partial charge in [0.1, 0.15) is 0 Å². The van der Waals surface area contributed by atoms with E-state index in [0.29, 0.717) is 11.9 Å². The molecule has 0 aromatic rings. The van der Waals surface area contributed by atoms with Crippen LogP contribution in [0, 0.1) is 22.5 Å². The van der Waals surface area contributed by atoms with Gasteiger partial charge in [-0.15, -0.1) is 0 Å². The Morgan fingerprint density at radius 1 is 1.12 bits per heavy atom. The maximum absolute atomic E-state index is 11.2. The van der Waals surface area contributed by atoms with Crippen LogP contribution >= 0.6 is 0 Å². The van der Waals surface area contributed by atoms with Crippen LogP contribution in [0.3, 0.4) is 0 Å². The maximum Gasteiger partial charge on any atom is 1.00 e. The summed E-state index contributed by atoms with van der Waals surface area (Å²) < 4.78 is 22.4. The molecule has 0 aromatic carbocycles. The van der Waals surface area contributed by atoms with Gasteiger partial charge in [-0.05, 0) is 0 Å². The Morgan fingerprint density at radius 2 is 1.38 bits per heavy atom. The first-order chi connectivity index (χ1) is 3.12. The summed E-state index contributed by atoms with van der Waals surface area (Å²) in [6.45, 7) is -4.36. The van der Waals surface area contributed by atoms with Gasteiger partial charge < -0.3 is 8.63 Å². The molecule has 0 heterocycles. The summed E-state index contributed by atoms with van der Waals surface area (Å²) in [6, 6.07) is 0. The van der Waals surface area contributed by atoms with Crippen LogP contribution in [-0.2, 0) is 0 Å². The summed E-state index contributed by atoms with van der Waals surface area (Å²) in [4.78, 5) is 0. The second kappa shape index (κ2) is 3.50. The van der Waals surface area contributed by atoms with Crippen molar-refractivity contribution in [2.75, 3.05) is 0 Å². The predicted octanol–water partition coefficient (Wildman–Crippen LogP) is -2.50. The Bertz CT molecular complexity index is 129. The predicted molar refractivity (Wildman–Crippen MR) is 19.2 cm³/mol. The van der Waals surface area contributed by atoms with Crippen molar-refractivity contribution < 1.29 is 27.5 Å². The van der Waals surface area contributed by atoms with E-state index in [1.165, 1.54) is 0 Å². The van der Waals surface area contributed by atoms with Crippen LogP contribution in [0.2, 0.25) is 0 Å². The van der Waals surface area contributed by atoms with E-state index in [1.54, 1.807) is 0 Å². The summed E-state index contributed by atoms with van der Waals surface area (Å²) in [5.41, 5.74) is 0. The van der Waals surface area contributed by atoms with Gasteiger partial charge in [-0.25, -0.2) is 10.5 Å². The number of nitrogens with zero attached hydrogens (tertiary/aromatic N) is 2. The molecule has 8 heavy (non-hydrogen) atoms. The van der Waals surface area contributed by atoms with Crippen LogP contribution in [0.25, 0.3) is 0 Å². The van der Waals surface area contributed by atoms with Crippen molar-refractivity contribution in [1.82, 2.24) is 0 Å². The van der Waals surface area contributed by atoms with E-state index in [9.17, 15) is 8.63 Å². The molecule has 0 saturated heterocycles. The average molecular weight is 108 g/mol. The molecule has 0 aromatic heterocycles. The molecule has 0 fully saturated rings. The molecule has 0 unspecified atom stereocenters. The first-order valence-corrected chi connectivity index (χ1v) is 1.46. The summed E-state index contributed by atoms with van der Waals surface area (Å²) in [5, 5.41) is 14.8. The van der Waals surface area contributed by atoms with E-state index < -0.39 is 6.70 Å². The number of rotatable bonds is 0. The van der Waals surface area contributed by atoms with Crippen LogP contribution in [0.4, 0.5) is 8.63 Å². The van der Waals surface area contributed by atoms with E-state index in [2.05, 4.69) is 0 Å². The molecule has 0 bridgehead atoms. The zero-order valence-corrected chi connectivity index (χ0v) is 4.23. The van der Waals surface area contributed by atoms with Crippen molar-refractivity contribution in [1.29, 1.82) is 10.5 Å². The molecule has 2 nitrogen and oxygen atoms in total. The van der Waals surface area contributed by atoms with Gasteiger partial charge in [-0.2, -0.15) is 0 Å². The van der Waals surface area contributed by atoms with E-state index >= 15 is 0 Å². The molecule has 0 saturated carbocycles. The quantitative estimate of drug-likeness (QED) is 0.322. The second-order valence-electron chi connectivity index (χ2n) is 0.921. The van der Waals surface area contributed by atoms with E-state index in [0.717, 1.165) is 0 Å². The third-order valence-electron chi connectivity index (χ3n) is 0.324. The third kappa shape index (κ3) is 3.68. The number of halogens is 2. The van der Waals surface area contributed by atoms with Gasteiger partial charge in [0, 0.05) is 0 Å². The molecule has 0 aliphatic rings. The van der Waals surface area contributed by atoms with Crippen molar-refractivity contribution in [2.24, 2.45) is 0 Å². The number of hydrogen-bond acceptors (Lipinski definition) is 2. The van der Waals surface area contributed by atoms with Gasteiger partial charge >= 0.3 is 25.6 Å². The van der Waals surface area contributed by atoms with Crippen molar-refractivity contribution in [2.45, 2.75) is 0 Å². The molecule has 6 heteroatoms. The molecule has 0 rings (SSSR count). The molecule has 0 amide bonds. The molecule has 0 aliphatic heterocycles. The average Bonchev–Trinajstić information content (AvgIpc) is 1.68. The minimum Gasteiger partial charge on any atom is -0.453 e. The first-order valence-electron chi connectivity index (χ1n) is 1.46. The normalized spacial score (nSPS) is 8.00. The SMILES string of the molecule is N#C[B-](F)(F)C#N.[Li+]. The maximum atomic E-state index is 11.2. The summed E-state index contributed by atoms with van der Waals surface area (Å²) in [7, 11) is 0. The van der Waals surface area contributed by atoms with Gasteiger partial charge in [-0.1, -0.05) is 11.9 Å². The Balaban J connectivity index is 0. The van der Waals surface area contributed by atoms with Gasteiger partial charge in [0.25, 0.3) is 0 Å². The summed E-state index contributed by atoms with van der Waals surface area (Å²) in [5.74, 6) is 1.12. The molecule has 0 radical (unpaired) electrons. The van der Waals surface area contributed by atoms with Gasteiger partial charge in [0.15, 0.2) is 0 Å². The fraction of sp³-hybridized carbons (Fsp3) is 0. The summed E-state index contributed by atoms with van der Waals surface area (Å²) >= 11 is 0. The smallest absolute Gasteiger partial charge is 0.453 e. The fourth-order valence-electron chi connectivity index (χ4n) is 0.0289. The van der Waals surface area contributed by atoms with Crippen molar-refractivity contribution in [3.8, 4) is 11.9 Å². The standard InChI is InChI=1S/C2BF2N2.Li/c4-3(5,1-6)2-7;/q-1;+1. The minimum atomic E-state index is -4.36. The molecule has 0 aliphatic carbocycles. The molecular weight excluding hydrogens is 108 g/mol. The molecular formula is C2BF2LiN2. The minimum absolute atomic E-state index is 0. The van der Waals surface area contributed by atoms with Crippen LogP contribution < -0.4 is 18.9 Å². The van der Waals surface area contributed by atoms with Crippen LogP contribution in [0.15, 0.2) is 0 Å². The molecule has 0 atom stereocenters. The van der Waals surface area contributed by atoms with E-state index in [1.807, 2.05) is 0 Å². The van der Waals surface area contributed by atoms with Crippen molar-refractivity contribution >= 4 is 6.70 Å². The Kier molecular flexibility index (Phi) is 4.58. The largest absolute Gasteiger partial charge is 1.00 e. The monoisotopic (exact) mass is 108 g/mol. The topological polar surface area (TPSA) is 47.6 Å². The van der Waals surface area contributed by atoms with E-state index in [-0.39, 0.29) is 18.9 Å². The molecule has 36 valence electrons. The third-order valence-corrected chi connectivity index (χ3v) is 0.324. The number of nitriles is 2. The van der Waals surface area contributed by atoms with Gasteiger partial charge in [-0.3, -0.25) is 0 Å². The summed E-state index contributed by atoms with van der Waals surface area (Å²) in [6.07, 6.45) is 0. The van der Waals surface area contributed by atoms with Crippen LogP contribution in [0.5, 0.6) is 0 Å². The zero-order valence-electron chi connectivity index (χ0n) is 4.23. The van der Waals surface area contributed by atoms with E-state index in [4.69, 9.17) is 10.5 Å². The van der Waals surface area contributed by atoms with Crippen LogP contribution in [0.1, 0.15) is 0 Å². The molecule has 0 spiro atoms. The Morgan fingerprint density at radius 3 is 1.38 bits per heavy atom. The fourth-order valence-corrected chi connectivity index (χ4v) is 0.0289.